The SMILES string of the molecule is CCCCCCCCCC(=O)OC(COC(=O)CC)COC1OC(COC2OC(CO)C(O)C(O)C2O)C(O)C(O)C1O. The van der Waals surface area contributed by atoms with E-state index >= 15 is 0 Å². The molecule has 2 heterocycles. The third-order valence-corrected chi connectivity index (χ3v) is 7.39. The van der Waals surface area contributed by atoms with E-state index in [4.69, 9.17) is 28.4 Å². The van der Waals surface area contributed by atoms with Crippen LogP contribution in [0.5, 0.6) is 0 Å². The summed E-state index contributed by atoms with van der Waals surface area (Å²) in [6.07, 6.45) is -9.41. The average Bonchev–Trinajstić information content (AvgIpc) is 3.00. The second kappa shape index (κ2) is 19.8. The van der Waals surface area contributed by atoms with E-state index in [1.165, 1.54) is 6.42 Å². The van der Waals surface area contributed by atoms with Crippen molar-refractivity contribution < 1.29 is 73.8 Å². The summed E-state index contributed by atoms with van der Waals surface area (Å²) >= 11 is 0. The molecular formula is C28H50O15. The molecule has 2 aliphatic heterocycles. The maximum Gasteiger partial charge on any atom is 0.306 e. The Bertz CT molecular complexity index is 798. The van der Waals surface area contributed by atoms with E-state index in [1.54, 1.807) is 6.92 Å². The summed E-state index contributed by atoms with van der Waals surface area (Å²) < 4.78 is 32.4. The highest BCUT2D eigenvalue weighted by molar-refractivity contribution is 5.70. The molecule has 0 aromatic rings. The zero-order chi connectivity index (χ0) is 31.9. The quantitative estimate of drug-likeness (QED) is 0.0648. The van der Waals surface area contributed by atoms with Crippen LogP contribution in [0.3, 0.4) is 0 Å². The molecule has 2 fully saturated rings. The van der Waals surface area contributed by atoms with Gasteiger partial charge in [-0.15, -0.1) is 0 Å². The molecule has 0 saturated carbocycles. The van der Waals surface area contributed by atoms with Crippen molar-refractivity contribution in [3.05, 3.63) is 0 Å². The van der Waals surface area contributed by atoms with Crippen molar-refractivity contribution in [1.82, 2.24) is 0 Å². The molecule has 0 aromatic carbocycles. The van der Waals surface area contributed by atoms with Crippen molar-refractivity contribution in [3.8, 4) is 0 Å². The van der Waals surface area contributed by atoms with Gasteiger partial charge >= 0.3 is 11.9 Å². The van der Waals surface area contributed by atoms with Gasteiger partial charge in [0.25, 0.3) is 0 Å². The molecule has 15 heteroatoms. The van der Waals surface area contributed by atoms with E-state index in [-0.39, 0.29) is 26.1 Å². The molecule has 0 radical (unpaired) electrons. The highest BCUT2D eigenvalue weighted by atomic mass is 16.7. The predicted molar refractivity (Wildman–Crippen MR) is 146 cm³/mol. The zero-order valence-corrected chi connectivity index (χ0v) is 24.9. The van der Waals surface area contributed by atoms with Crippen LogP contribution in [0.25, 0.3) is 0 Å². The first-order valence-corrected chi connectivity index (χ1v) is 15.1. The monoisotopic (exact) mass is 626 g/mol. The predicted octanol–water partition coefficient (Wildman–Crippen LogP) is -1.37. The van der Waals surface area contributed by atoms with Crippen molar-refractivity contribution in [3.63, 3.8) is 0 Å². The van der Waals surface area contributed by atoms with Crippen molar-refractivity contribution in [2.24, 2.45) is 0 Å². The largest absolute Gasteiger partial charge is 0.462 e. The van der Waals surface area contributed by atoms with Gasteiger partial charge < -0.3 is 64.2 Å². The first-order valence-electron chi connectivity index (χ1n) is 15.1. The Morgan fingerprint density at radius 2 is 1.23 bits per heavy atom. The van der Waals surface area contributed by atoms with Crippen LogP contribution in [-0.2, 0) is 38.0 Å². The number of carbonyl (C=O) groups excluding carboxylic acids is 2. The summed E-state index contributed by atoms with van der Waals surface area (Å²) in [5.41, 5.74) is 0. The molecule has 15 nitrogen and oxygen atoms in total. The van der Waals surface area contributed by atoms with Crippen LogP contribution >= 0.6 is 0 Å². The van der Waals surface area contributed by atoms with Gasteiger partial charge in [0.15, 0.2) is 18.7 Å². The van der Waals surface area contributed by atoms with Gasteiger partial charge in [0.1, 0.15) is 55.4 Å². The fourth-order valence-electron chi connectivity index (χ4n) is 4.66. The number of ether oxygens (including phenoxy) is 6. The van der Waals surface area contributed by atoms with Gasteiger partial charge in [-0.3, -0.25) is 9.59 Å². The zero-order valence-electron chi connectivity index (χ0n) is 24.9. The molecule has 2 aliphatic rings. The third kappa shape index (κ3) is 12.1. The Morgan fingerprint density at radius 3 is 1.84 bits per heavy atom. The van der Waals surface area contributed by atoms with Gasteiger partial charge in [-0.05, 0) is 6.42 Å². The van der Waals surface area contributed by atoms with Gasteiger partial charge in [0, 0.05) is 12.8 Å². The minimum absolute atomic E-state index is 0.101. The highest BCUT2D eigenvalue weighted by Gasteiger charge is 2.47. The molecule has 2 saturated heterocycles. The van der Waals surface area contributed by atoms with Crippen molar-refractivity contribution in [2.75, 3.05) is 26.4 Å². The second-order valence-corrected chi connectivity index (χ2v) is 10.9. The van der Waals surface area contributed by atoms with Gasteiger partial charge in [-0.1, -0.05) is 52.4 Å². The molecule has 0 aromatic heterocycles. The van der Waals surface area contributed by atoms with E-state index in [2.05, 4.69) is 6.92 Å². The van der Waals surface area contributed by atoms with Gasteiger partial charge in [-0.25, -0.2) is 0 Å². The normalized spacial score (nSPS) is 33.6. The summed E-state index contributed by atoms with van der Waals surface area (Å²) in [6, 6.07) is 0. The number of carbonyl (C=O) groups is 2. The molecule has 7 N–H and O–H groups in total. The summed E-state index contributed by atoms with van der Waals surface area (Å²) in [6.45, 7) is 1.84. The molecular weight excluding hydrogens is 576 g/mol. The lowest BCUT2D eigenvalue weighted by Gasteiger charge is -2.42. The van der Waals surface area contributed by atoms with E-state index in [0.717, 1.165) is 32.1 Å². The van der Waals surface area contributed by atoms with E-state index in [0.29, 0.717) is 6.42 Å². The molecule has 11 unspecified atom stereocenters. The lowest BCUT2D eigenvalue weighted by Crippen LogP contribution is -2.61. The summed E-state index contributed by atoms with van der Waals surface area (Å²) in [4.78, 5) is 24.1. The number of hydrogen-bond acceptors (Lipinski definition) is 15. The van der Waals surface area contributed by atoms with Crippen LogP contribution in [0.15, 0.2) is 0 Å². The number of unbranched alkanes of at least 4 members (excludes halogenated alkanes) is 6. The van der Waals surface area contributed by atoms with Crippen molar-refractivity contribution >= 4 is 11.9 Å². The number of esters is 2. The third-order valence-electron chi connectivity index (χ3n) is 7.39. The lowest BCUT2D eigenvalue weighted by molar-refractivity contribution is -0.332. The molecule has 0 bridgehead atoms. The molecule has 0 amide bonds. The standard InChI is InChI=1S/C28H50O15/c1-3-5-6-7-8-9-10-11-20(31)41-16(13-38-19(30)4-2)14-39-27-26(37)24(35)22(33)18(43-27)15-40-28-25(36)23(34)21(32)17(12-29)42-28/h16-18,21-29,32-37H,3-15H2,1-2H3. The van der Waals surface area contributed by atoms with Gasteiger partial charge in [0.2, 0.25) is 0 Å². The number of rotatable bonds is 19. The second-order valence-electron chi connectivity index (χ2n) is 10.9. The fraction of sp³-hybridized carbons (Fsp3) is 0.929. The van der Waals surface area contributed by atoms with Crippen LogP contribution in [0, 0.1) is 0 Å². The Kier molecular flexibility index (Phi) is 17.3. The smallest absolute Gasteiger partial charge is 0.306 e. The first-order chi connectivity index (χ1) is 20.5. The van der Waals surface area contributed by atoms with Crippen LogP contribution in [0.4, 0.5) is 0 Å². The van der Waals surface area contributed by atoms with Crippen LogP contribution in [0.2, 0.25) is 0 Å². The topological polar surface area (TPSA) is 231 Å². The van der Waals surface area contributed by atoms with E-state index in [1.807, 2.05) is 0 Å². The first kappa shape index (κ1) is 37.7. The highest BCUT2D eigenvalue weighted by Crippen LogP contribution is 2.26. The lowest BCUT2D eigenvalue weighted by atomic mass is 9.98. The molecule has 0 aliphatic carbocycles. The molecule has 252 valence electrons. The minimum Gasteiger partial charge on any atom is -0.462 e. The van der Waals surface area contributed by atoms with Gasteiger partial charge in [0.05, 0.1) is 19.8 Å². The summed E-state index contributed by atoms with van der Waals surface area (Å²) in [7, 11) is 0. The minimum atomic E-state index is -1.75. The number of aliphatic hydroxyl groups is 7. The number of hydrogen-bond donors (Lipinski definition) is 7. The molecule has 2 rings (SSSR count). The van der Waals surface area contributed by atoms with Crippen LogP contribution in [0.1, 0.15) is 71.6 Å². The van der Waals surface area contributed by atoms with Crippen molar-refractivity contribution in [1.29, 1.82) is 0 Å². The molecule has 43 heavy (non-hydrogen) atoms. The van der Waals surface area contributed by atoms with Crippen LogP contribution < -0.4 is 0 Å². The number of aliphatic hydroxyl groups excluding tert-OH is 7. The average molecular weight is 627 g/mol. The molecule has 0 spiro atoms. The Morgan fingerprint density at radius 1 is 0.674 bits per heavy atom. The Labute approximate surface area is 251 Å². The summed E-state index contributed by atoms with van der Waals surface area (Å²) in [5, 5.41) is 70.6. The maximum atomic E-state index is 12.4. The Balaban J connectivity index is 1.92. The Hall–Kier alpha value is -1.50. The molecule has 11 atom stereocenters. The van der Waals surface area contributed by atoms with Gasteiger partial charge in [-0.2, -0.15) is 0 Å². The van der Waals surface area contributed by atoms with Crippen molar-refractivity contribution in [2.45, 2.75) is 139 Å². The van der Waals surface area contributed by atoms with E-state index < -0.39 is 92.7 Å². The van der Waals surface area contributed by atoms with Crippen LogP contribution in [-0.4, -0.2) is 142 Å². The summed E-state index contributed by atoms with van der Waals surface area (Å²) in [5.74, 6) is -1.04. The van der Waals surface area contributed by atoms with E-state index in [9.17, 15) is 45.3 Å². The fourth-order valence-corrected chi connectivity index (χ4v) is 4.66. The maximum absolute atomic E-state index is 12.4.